The van der Waals surface area contributed by atoms with E-state index in [1.165, 1.54) is 25.5 Å². The molecule has 0 radical (unpaired) electrons. The van der Waals surface area contributed by atoms with E-state index in [9.17, 15) is 14.7 Å². The number of benzene rings is 2. The Morgan fingerprint density at radius 3 is 2.50 bits per heavy atom. The fourth-order valence-electron chi connectivity index (χ4n) is 5.37. The molecule has 0 spiro atoms. The molecule has 1 saturated carbocycles. The summed E-state index contributed by atoms with van der Waals surface area (Å²) >= 11 is 0. The van der Waals surface area contributed by atoms with Crippen molar-refractivity contribution in [2.45, 2.75) is 63.6 Å². The third-order valence-electron chi connectivity index (χ3n) is 7.34. The molecule has 1 aromatic heterocycles. The molecule has 0 saturated heterocycles. The van der Waals surface area contributed by atoms with Gasteiger partial charge in [0.05, 0.1) is 11.7 Å². The Morgan fingerprint density at radius 1 is 1.03 bits per heavy atom. The molecule has 0 bridgehead atoms. The Bertz CT molecular complexity index is 1140. The average Bonchev–Trinajstić information content (AvgIpc) is 2.92. The molecule has 0 unspecified atom stereocenters. The van der Waals surface area contributed by atoms with Gasteiger partial charge in [-0.1, -0.05) is 86.7 Å². The second-order valence-electron chi connectivity index (χ2n) is 9.90. The second kappa shape index (κ2) is 12.6. The van der Waals surface area contributed by atoms with Crippen LogP contribution in [0.5, 0.6) is 0 Å². The number of nitrogens with one attached hydrogen (secondary N) is 1. The summed E-state index contributed by atoms with van der Waals surface area (Å²) in [6.45, 7) is 0. The first-order valence-electron chi connectivity index (χ1n) is 13.0. The van der Waals surface area contributed by atoms with Crippen molar-refractivity contribution in [3.63, 3.8) is 0 Å². The maximum Gasteiger partial charge on any atom is 0.340 e. The van der Waals surface area contributed by atoms with Gasteiger partial charge in [-0.25, -0.2) is 4.79 Å². The third kappa shape index (κ3) is 6.70. The number of aromatic nitrogens is 1. The first-order valence-corrected chi connectivity index (χ1v) is 13.0. The summed E-state index contributed by atoms with van der Waals surface area (Å²) in [5.74, 6) is -0.430. The summed E-state index contributed by atoms with van der Waals surface area (Å²) in [5.41, 5.74) is 1.32. The predicted octanol–water partition coefficient (Wildman–Crippen LogP) is 5.09. The minimum absolute atomic E-state index is 0.0670. The molecule has 2 N–H and O–H groups in total. The zero-order valence-corrected chi connectivity index (χ0v) is 20.9. The Hall–Kier alpha value is -3.25. The van der Waals surface area contributed by atoms with Gasteiger partial charge in [0, 0.05) is 37.2 Å². The number of pyridine rings is 1. The molecule has 3 atom stereocenters. The average molecular weight is 489 g/mol. The molecule has 36 heavy (non-hydrogen) atoms. The van der Waals surface area contributed by atoms with Crippen LogP contribution >= 0.6 is 0 Å². The van der Waals surface area contributed by atoms with Gasteiger partial charge in [-0.05, 0) is 29.7 Å². The van der Waals surface area contributed by atoms with E-state index in [0.717, 1.165) is 35.6 Å². The maximum absolute atomic E-state index is 13.3. The molecule has 1 heterocycles. The fourth-order valence-corrected chi connectivity index (χ4v) is 5.37. The Morgan fingerprint density at radius 2 is 1.75 bits per heavy atom. The first-order chi connectivity index (χ1) is 17.5. The zero-order valence-electron chi connectivity index (χ0n) is 20.9. The van der Waals surface area contributed by atoms with Crippen LogP contribution in [0.15, 0.2) is 67.0 Å². The highest BCUT2D eigenvalue weighted by atomic mass is 16.6. The van der Waals surface area contributed by atoms with E-state index in [-0.39, 0.29) is 18.2 Å². The van der Waals surface area contributed by atoms with E-state index >= 15 is 0 Å². The van der Waals surface area contributed by atoms with Gasteiger partial charge in [-0.15, -0.1) is 0 Å². The maximum atomic E-state index is 13.3. The summed E-state index contributed by atoms with van der Waals surface area (Å²) in [6.07, 6.45) is 8.68. The molecule has 6 heteroatoms. The van der Waals surface area contributed by atoms with Crippen LogP contribution in [-0.2, 0) is 16.0 Å². The molecule has 4 rings (SSSR count). The number of ether oxygens (including phenoxy) is 1. The van der Waals surface area contributed by atoms with Crippen molar-refractivity contribution in [2.24, 2.45) is 11.8 Å². The monoisotopic (exact) mass is 488 g/mol. The van der Waals surface area contributed by atoms with Crippen molar-refractivity contribution in [1.82, 2.24) is 10.3 Å². The van der Waals surface area contributed by atoms with Crippen LogP contribution in [0.3, 0.4) is 0 Å². The molecular formula is C30H36N2O4. The van der Waals surface area contributed by atoms with E-state index < -0.39 is 18.2 Å². The lowest BCUT2D eigenvalue weighted by molar-refractivity contribution is -0.127. The third-order valence-corrected chi connectivity index (χ3v) is 7.34. The van der Waals surface area contributed by atoms with Crippen molar-refractivity contribution < 1.29 is 19.4 Å². The van der Waals surface area contributed by atoms with Gasteiger partial charge in [0.1, 0.15) is 6.10 Å². The number of nitrogens with zero attached hydrogens (tertiary/aromatic N) is 1. The highest BCUT2D eigenvalue weighted by Gasteiger charge is 2.32. The van der Waals surface area contributed by atoms with Crippen molar-refractivity contribution in [1.29, 1.82) is 0 Å². The van der Waals surface area contributed by atoms with Gasteiger partial charge >= 0.3 is 5.97 Å². The molecule has 6 nitrogen and oxygen atoms in total. The van der Waals surface area contributed by atoms with E-state index in [0.29, 0.717) is 17.9 Å². The van der Waals surface area contributed by atoms with Crippen LogP contribution < -0.4 is 5.32 Å². The lowest BCUT2D eigenvalue weighted by atomic mass is 9.80. The number of carbonyl (C=O) groups is 2. The Labute approximate surface area is 213 Å². The van der Waals surface area contributed by atoms with E-state index in [1.807, 2.05) is 54.6 Å². The van der Waals surface area contributed by atoms with E-state index in [1.54, 1.807) is 13.2 Å². The number of rotatable bonds is 10. The number of hydrogen-bond donors (Lipinski definition) is 2. The molecule has 190 valence electrons. The summed E-state index contributed by atoms with van der Waals surface area (Å²) in [7, 11) is 1.64. The number of aliphatic hydroxyl groups excluding tert-OH is 1. The Kier molecular flexibility index (Phi) is 9.06. The van der Waals surface area contributed by atoms with Gasteiger partial charge in [0.15, 0.2) is 0 Å². The highest BCUT2D eigenvalue weighted by Crippen LogP contribution is 2.31. The topological polar surface area (TPSA) is 88.5 Å². The fraction of sp³-hybridized carbons (Fsp3) is 0.433. The van der Waals surface area contributed by atoms with Gasteiger partial charge in [0.25, 0.3) is 0 Å². The molecule has 3 aromatic rings. The largest absolute Gasteiger partial charge is 0.456 e. The normalized spacial score (nSPS) is 16.7. The highest BCUT2D eigenvalue weighted by molar-refractivity contribution is 6.03. The molecule has 1 amide bonds. The molecule has 1 fully saturated rings. The van der Waals surface area contributed by atoms with Crippen LogP contribution in [0.4, 0.5) is 0 Å². The van der Waals surface area contributed by atoms with Crippen molar-refractivity contribution >= 4 is 22.6 Å². The van der Waals surface area contributed by atoms with Crippen LogP contribution in [0.25, 0.3) is 10.8 Å². The predicted molar refractivity (Wildman–Crippen MR) is 140 cm³/mol. The Balaban J connectivity index is 1.54. The minimum Gasteiger partial charge on any atom is -0.456 e. The number of carbonyl (C=O) groups excluding carboxylic acids is 2. The van der Waals surface area contributed by atoms with Crippen LogP contribution in [0, 0.1) is 11.8 Å². The SMILES string of the molecule is CNC(=O)[C@H](CC1CCCCC1)C[C@H](O)[C@H](Cc1ccccc1)OC(=O)c1cncc2ccccc12. The van der Waals surface area contributed by atoms with Crippen LogP contribution in [-0.4, -0.2) is 41.2 Å². The van der Waals surface area contributed by atoms with E-state index in [2.05, 4.69) is 10.3 Å². The second-order valence-corrected chi connectivity index (χ2v) is 9.90. The zero-order chi connectivity index (χ0) is 25.3. The molecule has 0 aliphatic heterocycles. The number of esters is 1. The first kappa shape index (κ1) is 25.8. The van der Waals surface area contributed by atoms with E-state index in [4.69, 9.17) is 4.74 Å². The number of amides is 1. The quantitative estimate of drug-likeness (QED) is 0.388. The summed E-state index contributed by atoms with van der Waals surface area (Å²) in [6, 6.07) is 17.2. The summed E-state index contributed by atoms with van der Waals surface area (Å²) in [4.78, 5) is 30.3. The van der Waals surface area contributed by atoms with Crippen LogP contribution in [0.1, 0.15) is 60.9 Å². The molecule has 1 aliphatic carbocycles. The summed E-state index contributed by atoms with van der Waals surface area (Å²) < 4.78 is 5.95. The van der Waals surface area contributed by atoms with Crippen LogP contribution in [0.2, 0.25) is 0 Å². The lowest BCUT2D eigenvalue weighted by Crippen LogP contribution is -2.39. The standard InChI is InChI=1S/C30H36N2O4/c1-31-29(34)24(16-21-10-4-2-5-11-21)18-27(33)28(17-22-12-6-3-7-13-22)36-30(35)26-20-32-19-23-14-8-9-15-25(23)26/h3,6-9,12-15,19-21,24,27-28,33H,2,4-5,10-11,16-18H2,1H3,(H,31,34)/t24-,27+,28+/m1/s1. The van der Waals surface area contributed by atoms with Gasteiger partial charge in [-0.3, -0.25) is 9.78 Å². The van der Waals surface area contributed by atoms with Crippen molar-refractivity contribution in [3.8, 4) is 0 Å². The van der Waals surface area contributed by atoms with Gasteiger partial charge in [0.2, 0.25) is 5.91 Å². The molecule has 2 aromatic carbocycles. The summed E-state index contributed by atoms with van der Waals surface area (Å²) in [5, 5.41) is 15.7. The van der Waals surface area contributed by atoms with Crippen molar-refractivity contribution in [2.75, 3.05) is 7.05 Å². The van der Waals surface area contributed by atoms with Gasteiger partial charge < -0.3 is 15.2 Å². The smallest absolute Gasteiger partial charge is 0.340 e. The lowest BCUT2D eigenvalue weighted by Gasteiger charge is -2.29. The van der Waals surface area contributed by atoms with Crippen molar-refractivity contribution in [3.05, 3.63) is 78.1 Å². The minimum atomic E-state index is -0.983. The molecular weight excluding hydrogens is 452 g/mol. The van der Waals surface area contributed by atoms with Gasteiger partial charge in [-0.2, -0.15) is 0 Å². The molecule has 1 aliphatic rings. The number of fused-ring (bicyclic) bond motifs is 1. The number of hydrogen-bond acceptors (Lipinski definition) is 5. The number of aliphatic hydroxyl groups is 1.